The van der Waals surface area contributed by atoms with E-state index in [0.29, 0.717) is 12.6 Å². The summed E-state index contributed by atoms with van der Waals surface area (Å²) in [6, 6.07) is 18.9. The maximum absolute atomic E-state index is 6.25. The van der Waals surface area contributed by atoms with Crippen molar-refractivity contribution in [2.45, 2.75) is 32.0 Å². The predicted octanol–water partition coefficient (Wildman–Crippen LogP) is 5.43. The van der Waals surface area contributed by atoms with Crippen LogP contribution < -0.4 is 18.9 Å². The van der Waals surface area contributed by atoms with Crippen molar-refractivity contribution in [1.82, 2.24) is 9.88 Å². The number of ether oxygens (including phenoxy) is 4. The number of nitrogens with one attached hydrogen (secondary N) is 1. The number of nitrogens with zero attached hydrogens (tertiary/aromatic N) is 1. The molecular formula is C29H30N2O4. The average Bonchev–Trinajstić information content (AvgIpc) is 3.26. The minimum absolute atomic E-state index is 0.314. The molecule has 0 spiro atoms. The Morgan fingerprint density at radius 3 is 2.60 bits per heavy atom. The van der Waals surface area contributed by atoms with Gasteiger partial charge in [0.2, 0.25) is 0 Å². The van der Waals surface area contributed by atoms with Gasteiger partial charge in [0.15, 0.2) is 11.5 Å². The molecule has 6 rings (SSSR count). The first-order valence-corrected chi connectivity index (χ1v) is 12.1. The van der Waals surface area contributed by atoms with E-state index < -0.39 is 0 Å². The van der Waals surface area contributed by atoms with Crippen LogP contribution in [0.2, 0.25) is 0 Å². The molecule has 6 nitrogen and oxygen atoms in total. The van der Waals surface area contributed by atoms with Gasteiger partial charge in [-0.1, -0.05) is 18.2 Å². The molecule has 0 bridgehead atoms. The van der Waals surface area contributed by atoms with E-state index in [0.717, 1.165) is 54.5 Å². The molecule has 1 atom stereocenters. The van der Waals surface area contributed by atoms with Crippen LogP contribution in [0.4, 0.5) is 0 Å². The Kier molecular flexibility index (Phi) is 5.53. The predicted molar refractivity (Wildman–Crippen MR) is 136 cm³/mol. The van der Waals surface area contributed by atoms with Crippen LogP contribution in [0.15, 0.2) is 54.6 Å². The summed E-state index contributed by atoms with van der Waals surface area (Å²) in [6.07, 6.45) is 1.95. The number of aromatic amines is 1. The van der Waals surface area contributed by atoms with E-state index in [2.05, 4.69) is 34.1 Å². The van der Waals surface area contributed by atoms with Crippen LogP contribution in [-0.2, 0) is 26.0 Å². The highest BCUT2D eigenvalue weighted by atomic mass is 16.5. The van der Waals surface area contributed by atoms with Crippen molar-refractivity contribution in [3.05, 3.63) is 82.5 Å². The highest BCUT2D eigenvalue weighted by Crippen LogP contribution is 2.44. The minimum Gasteiger partial charge on any atom is -0.497 e. The molecule has 35 heavy (non-hydrogen) atoms. The van der Waals surface area contributed by atoms with Crippen LogP contribution in [0.25, 0.3) is 10.9 Å². The molecule has 180 valence electrons. The standard InChI is InChI=1S/C29H30N2O4/c1-32-20-8-9-24-22(13-20)23-14-26-21-15-28(34-3)29(35-17-19-6-4-5-7-27(19)33-2)12-18(21)10-11-31(26)16-25(23)30-24/h4-9,12-13,15,26,30H,10-11,14,16-17H2,1-3H3. The number of hydrogen-bond donors (Lipinski definition) is 1. The Labute approximate surface area is 205 Å². The second-order valence-corrected chi connectivity index (χ2v) is 9.24. The molecule has 0 saturated heterocycles. The van der Waals surface area contributed by atoms with Crippen LogP contribution in [-0.4, -0.2) is 37.8 Å². The normalized spacial score (nSPS) is 16.8. The van der Waals surface area contributed by atoms with Gasteiger partial charge in [-0.05, 0) is 65.9 Å². The van der Waals surface area contributed by atoms with Gasteiger partial charge in [0.1, 0.15) is 18.1 Å². The largest absolute Gasteiger partial charge is 0.497 e. The van der Waals surface area contributed by atoms with Crippen molar-refractivity contribution in [3.63, 3.8) is 0 Å². The second kappa shape index (κ2) is 8.86. The highest BCUT2D eigenvalue weighted by molar-refractivity contribution is 5.86. The molecule has 0 fully saturated rings. The Bertz CT molecular complexity index is 1390. The van der Waals surface area contributed by atoms with E-state index >= 15 is 0 Å². The molecule has 4 aromatic rings. The molecule has 1 unspecified atom stereocenters. The van der Waals surface area contributed by atoms with E-state index in [1.165, 1.54) is 33.3 Å². The van der Waals surface area contributed by atoms with Crippen LogP contribution in [0.1, 0.15) is 34.0 Å². The fraction of sp³-hybridized carbons (Fsp3) is 0.310. The van der Waals surface area contributed by atoms with Gasteiger partial charge >= 0.3 is 0 Å². The maximum atomic E-state index is 6.25. The Balaban J connectivity index is 1.32. The number of aromatic nitrogens is 1. The number of H-pyrrole nitrogens is 1. The summed E-state index contributed by atoms with van der Waals surface area (Å²) in [5, 5.41) is 1.26. The first-order chi connectivity index (χ1) is 17.2. The van der Waals surface area contributed by atoms with Gasteiger partial charge in [0.05, 0.1) is 21.3 Å². The molecule has 0 saturated carbocycles. The van der Waals surface area contributed by atoms with Crippen molar-refractivity contribution < 1.29 is 18.9 Å². The fourth-order valence-corrected chi connectivity index (χ4v) is 5.61. The lowest BCUT2D eigenvalue weighted by molar-refractivity contribution is 0.158. The van der Waals surface area contributed by atoms with Gasteiger partial charge in [0, 0.05) is 41.3 Å². The topological polar surface area (TPSA) is 56.0 Å². The van der Waals surface area contributed by atoms with Crippen molar-refractivity contribution in [2.75, 3.05) is 27.9 Å². The quantitative estimate of drug-likeness (QED) is 0.407. The van der Waals surface area contributed by atoms with Crippen molar-refractivity contribution >= 4 is 10.9 Å². The lowest BCUT2D eigenvalue weighted by Crippen LogP contribution is -2.39. The lowest BCUT2D eigenvalue weighted by atomic mass is 9.85. The summed E-state index contributed by atoms with van der Waals surface area (Å²) in [4.78, 5) is 6.22. The summed E-state index contributed by atoms with van der Waals surface area (Å²) < 4.78 is 23.0. The van der Waals surface area contributed by atoms with Gasteiger partial charge in [0.25, 0.3) is 0 Å². The molecule has 0 aliphatic carbocycles. The molecule has 6 heteroatoms. The van der Waals surface area contributed by atoms with E-state index in [-0.39, 0.29) is 0 Å². The van der Waals surface area contributed by atoms with Crippen LogP contribution in [0.3, 0.4) is 0 Å². The van der Waals surface area contributed by atoms with Crippen LogP contribution in [0, 0.1) is 0 Å². The molecule has 2 aliphatic rings. The van der Waals surface area contributed by atoms with Gasteiger partial charge < -0.3 is 23.9 Å². The van der Waals surface area contributed by atoms with Crippen molar-refractivity contribution in [1.29, 1.82) is 0 Å². The zero-order chi connectivity index (χ0) is 23.9. The maximum Gasteiger partial charge on any atom is 0.161 e. The molecule has 0 amide bonds. The number of benzene rings is 3. The van der Waals surface area contributed by atoms with Crippen molar-refractivity contribution in [3.8, 4) is 23.0 Å². The zero-order valence-electron chi connectivity index (χ0n) is 20.4. The third-order valence-corrected chi connectivity index (χ3v) is 7.43. The third-order valence-electron chi connectivity index (χ3n) is 7.43. The smallest absolute Gasteiger partial charge is 0.161 e. The molecular weight excluding hydrogens is 440 g/mol. The average molecular weight is 471 g/mol. The summed E-state index contributed by atoms with van der Waals surface area (Å²) in [5.41, 5.74) is 7.56. The van der Waals surface area contributed by atoms with Gasteiger partial charge in [-0.15, -0.1) is 0 Å². The van der Waals surface area contributed by atoms with Crippen LogP contribution in [0.5, 0.6) is 23.0 Å². The number of para-hydroxylation sites is 1. The van der Waals surface area contributed by atoms with E-state index in [1.54, 1.807) is 21.3 Å². The fourth-order valence-electron chi connectivity index (χ4n) is 5.61. The summed E-state index contributed by atoms with van der Waals surface area (Å²) in [5.74, 6) is 3.27. The first-order valence-electron chi connectivity index (χ1n) is 12.1. The Morgan fingerprint density at radius 1 is 0.914 bits per heavy atom. The molecule has 3 heterocycles. The number of hydrogen-bond acceptors (Lipinski definition) is 5. The van der Waals surface area contributed by atoms with Gasteiger partial charge in [-0.25, -0.2) is 0 Å². The molecule has 1 aromatic heterocycles. The highest BCUT2D eigenvalue weighted by Gasteiger charge is 2.34. The molecule has 1 N–H and O–H groups in total. The number of rotatable bonds is 6. The van der Waals surface area contributed by atoms with E-state index in [4.69, 9.17) is 18.9 Å². The number of fused-ring (bicyclic) bond motifs is 6. The zero-order valence-corrected chi connectivity index (χ0v) is 20.4. The summed E-state index contributed by atoms with van der Waals surface area (Å²) in [7, 11) is 5.12. The minimum atomic E-state index is 0.314. The summed E-state index contributed by atoms with van der Waals surface area (Å²) in [6.45, 7) is 2.37. The van der Waals surface area contributed by atoms with Gasteiger partial charge in [-0.3, -0.25) is 4.90 Å². The third kappa shape index (κ3) is 3.78. The molecule has 2 aliphatic heterocycles. The molecule has 3 aromatic carbocycles. The first kappa shape index (κ1) is 21.9. The molecule has 0 radical (unpaired) electrons. The Morgan fingerprint density at radius 2 is 1.77 bits per heavy atom. The summed E-state index contributed by atoms with van der Waals surface area (Å²) >= 11 is 0. The number of methoxy groups -OCH3 is 3. The van der Waals surface area contributed by atoms with E-state index in [1.807, 2.05) is 30.3 Å². The monoisotopic (exact) mass is 470 g/mol. The second-order valence-electron chi connectivity index (χ2n) is 9.24. The SMILES string of the molecule is COc1ccc2[nH]c3c(c2c1)CC1c2cc(OC)c(OCc4ccccc4OC)cc2CCN1C3. The van der Waals surface area contributed by atoms with Crippen molar-refractivity contribution in [2.24, 2.45) is 0 Å². The Hall–Kier alpha value is -3.64. The van der Waals surface area contributed by atoms with Gasteiger partial charge in [-0.2, -0.15) is 0 Å². The van der Waals surface area contributed by atoms with E-state index in [9.17, 15) is 0 Å². The lowest BCUT2D eigenvalue weighted by Gasteiger charge is -2.40. The van der Waals surface area contributed by atoms with Crippen LogP contribution >= 0.6 is 0 Å².